The van der Waals surface area contributed by atoms with E-state index in [0.29, 0.717) is 30.8 Å². The first kappa shape index (κ1) is 21.9. The van der Waals surface area contributed by atoms with Gasteiger partial charge in [0.15, 0.2) is 5.16 Å². The van der Waals surface area contributed by atoms with Crippen molar-refractivity contribution in [3.8, 4) is 5.69 Å². The Morgan fingerprint density at radius 2 is 2.00 bits per heavy atom. The Bertz CT molecular complexity index is 1100. The van der Waals surface area contributed by atoms with Gasteiger partial charge in [-0.05, 0) is 41.3 Å². The average Bonchev–Trinajstić information content (AvgIpc) is 3.45. The van der Waals surface area contributed by atoms with Gasteiger partial charge in [0.25, 0.3) is 0 Å². The van der Waals surface area contributed by atoms with Gasteiger partial charge in [-0.3, -0.25) is 14.3 Å². The Morgan fingerprint density at radius 3 is 2.72 bits per heavy atom. The van der Waals surface area contributed by atoms with Crippen LogP contribution in [0, 0.1) is 0 Å². The molecule has 2 heterocycles. The standard InChI is InChI=1S/C23H25N5O3S/c1-16(2)18-6-8-19(9-7-18)28-15-25-26-22(28)32-14-21(29)24-13-17-4-3-5-20(12-17)27-10-11-31-23(27)30/h3-9,12,15-16H,10-11,13-14H2,1-2H3,(H,24,29). The van der Waals surface area contributed by atoms with Gasteiger partial charge >= 0.3 is 6.09 Å². The van der Waals surface area contributed by atoms with Crippen molar-refractivity contribution < 1.29 is 14.3 Å². The maximum absolute atomic E-state index is 12.4. The summed E-state index contributed by atoms with van der Waals surface area (Å²) < 4.78 is 6.86. The van der Waals surface area contributed by atoms with Crippen molar-refractivity contribution >= 4 is 29.4 Å². The van der Waals surface area contributed by atoms with Crippen molar-refractivity contribution in [3.05, 3.63) is 66.0 Å². The maximum atomic E-state index is 12.4. The van der Waals surface area contributed by atoms with Gasteiger partial charge in [-0.1, -0.05) is 49.9 Å². The normalized spacial score (nSPS) is 13.5. The van der Waals surface area contributed by atoms with Crippen LogP contribution in [-0.4, -0.2) is 45.7 Å². The van der Waals surface area contributed by atoms with Crippen LogP contribution in [0.15, 0.2) is 60.0 Å². The van der Waals surface area contributed by atoms with Crippen molar-refractivity contribution in [1.29, 1.82) is 0 Å². The number of amides is 2. The molecular formula is C23H25N5O3S. The van der Waals surface area contributed by atoms with Gasteiger partial charge in [-0.15, -0.1) is 10.2 Å². The molecule has 2 aromatic carbocycles. The molecular weight excluding hydrogens is 426 g/mol. The lowest BCUT2D eigenvalue weighted by molar-refractivity contribution is -0.118. The van der Waals surface area contributed by atoms with Crippen LogP contribution in [0.1, 0.15) is 30.9 Å². The molecule has 1 saturated heterocycles. The van der Waals surface area contributed by atoms with Crippen LogP contribution in [-0.2, 0) is 16.1 Å². The average molecular weight is 452 g/mol. The zero-order chi connectivity index (χ0) is 22.5. The number of benzene rings is 2. The van der Waals surface area contributed by atoms with Crippen LogP contribution in [0.4, 0.5) is 10.5 Å². The molecule has 166 valence electrons. The lowest BCUT2D eigenvalue weighted by Crippen LogP contribution is -2.26. The molecule has 0 radical (unpaired) electrons. The number of nitrogens with one attached hydrogen (secondary N) is 1. The molecule has 0 aliphatic carbocycles. The summed E-state index contributed by atoms with van der Waals surface area (Å²) >= 11 is 1.33. The minimum absolute atomic E-state index is 0.106. The summed E-state index contributed by atoms with van der Waals surface area (Å²) in [4.78, 5) is 25.7. The number of carbonyl (C=O) groups is 2. The molecule has 2 amide bonds. The van der Waals surface area contributed by atoms with E-state index in [9.17, 15) is 9.59 Å². The van der Waals surface area contributed by atoms with E-state index in [0.717, 1.165) is 16.9 Å². The van der Waals surface area contributed by atoms with E-state index < -0.39 is 0 Å². The molecule has 0 unspecified atom stereocenters. The van der Waals surface area contributed by atoms with Crippen molar-refractivity contribution in [2.24, 2.45) is 0 Å². The highest BCUT2D eigenvalue weighted by atomic mass is 32.2. The number of hydrogen-bond acceptors (Lipinski definition) is 6. The zero-order valence-electron chi connectivity index (χ0n) is 18.0. The fourth-order valence-corrected chi connectivity index (χ4v) is 4.12. The lowest BCUT2D eigenvalue weighted by atomic mass is 10.0. The fourth-order valence-electron chi connectivity index (χ4n) is 3.36. The second-order valence-electron chi connectivity index (χ2n) is 7.73. The van der Waals surface area contributed by atoms with Gasteiger partial charge in [0.05, 0.1) is 12.3 Å². The first-order valence-corrected chi connectivity index (χ1v) is 11.4. The number of carbonyl (C=O) groups excluding carboxylic acids is 2. The molecule has 1 aliphatic heterocycles. The third-order valence-corrected chi connectivity index (χ3v) is 6.10. The second-order valence-corrected chi connectivity index (χ2v) is 8.67. The van der Waals surface area contributed by atoms with Gasteiger partial charge in [0.2, 0.25) is 5.91 Å². The van der Waals surface area contributed by atoms with Gasteiger partial charge in [-0.25, -0.2) is 4.79 Å². The predicted octanol–water partition coefficient (Wildman–Crippen LogP) is 3.76. The number of hydrogen-bond donors (Lipinski definition) is 1. The first-order valence-electron chi connectivity index (χ1n) is 10.4. The highest BCUT2D eigenvalue weighted by Gasteiger charge is 2.23. The molecule has 4 rings (SSSR count). The minimum atomic E-state index is -0.342. The molecule has 1 fully saturated rings. The van der Waals surface area contributed by atoms with Crippen LogP contribution in [0.3, 0.4) is 0 Å². The van der Waals surface area contributed by atoms with Crippen molar-refractivity contribution in [3.63, 3.8) is 0 Å². The van der Waals surface area contributed by atoms with Crippen LogP contribution < -0.4 is 10.2 Å². The summed E-state index contributed by atoms with van der Waals surface area (Å²) in [6, 6.07) is 15.8. The third-order valence-electron chi connectivity index (χ3n) is 5.16. The summed E-state index contributed by atoms with van der Waals surface area (Å²) in [6.45, 7) is 5.61. The molecule has 1 aliphatic rings. The van der Waals surface area contributed by atoms with Gasteiger partial charge in [0.1, 0.15) is 12.9 Å². The van der Waals surface area contributed by atoms with Crippen LogP contribution in [0.2, 0.25) is 0 Å². The van der Waals surface area contributed by atoms with Crippen molar-refractivity contribution in [2.45, 2.75) is 31.5 Å². The minimum Gasteiger partial charge on any atom is -0.447 e. The fraction of sp³-hybridized carbons (Fsp3) is 0.304. The molecule has 1 aromatic heterocycles. The van der Waals surface area contributed by atoms with Crippen molar-refractivity contribution in [1.82, 2.24) is 20.1 Å². The van der Waals surface area contributed by atoms with E-state index in [2.05, 4.69) is 41.5 Å². The van der Waals surface area contributed by atoms with Gasteiger partial charge in [-0.2, -0.15) is 0 Å². The monoisotopic (exact) mass is 451 g/mol. The molecule has 0 atom stereocenters. The number of anilines is 1. The third kappa shape index (κ3) is 5.11. The smallest absolute Gasteiger partial charge is 0.414 e. The Balaban J connectivity index is 1.32. The Labute approximate surface area is 191 Å². The Hall–Kier alpha value is -3.33. The summed E-state index contributed by atoms with van der Waals surface area (Å²) in [5.74, 6) is 0.582. The number of rotatable bonds is 8. The maximum Gasteiger partial charge on any atom is 0.414 e. The number of nitrogens with zero attached hydrogens (tertiary/aromatic N) is 4. The summed E-state index contributed by atoms with van der Waals surface area (Å²) in [7, 11) is 0. The molecule has 3 aromatic rings. The van der Waals surface area contributed by atoms with Gasteiger partial charge < -0.3 is 10.1 Å². The molecule has 8 nitrogen and oxygen atoms in total. The van der Waals surface area contributed by atoms with E-state index in [1.54, 1.807) is 11.2 Å². The topological polar surface area (TPSA) is 89.3 Å². The summed E-state index contributed by atoms with van der Waals surface area (Å²) in [5.41, 5.74) is 3.90. The molecule has 1 N–H and O–H groups in total. The first-order chi connectivity index (χ1) is 15.5. The second kappa shape index (κ2) is 9.86. The molecule has 0 bridgehead atoms. The van der Waals surface area contributed by atoms with Crippen molar-refractivity contribution in [2.75, 3.05) is 23.8 Å². The highest BCUT2D eigenvalue weighted by molar-refractivity contribution is 7.99. The molecule has 9 heteroatoms. The largest absolute Gasteiger partial charge is 0.447 e. The zero-order valence-corrected chi connectivity index (χ0v) is 18.8. The molecule has 0 saturated carbocycles. The molecule has 32 heavy (non-hydrogen) atoms. The highest BCUT2D eigenvalue weighted by Crippen LogP contribution is 2.22. The lowest BCUT2D eigenvalue weighted by Gasteiger charge is -2.14. The summed E-state index contributed by atoms with van der Waals surface area (Å²) in [5, 5.41) is 11.7. The van der Waals surface area contributed by atoms with Crippen LogP contribution >= 0.6 is 11.8 Å². The predicted molar refractivity (Wildman–Crippen MR) is 123 cm³/mol. The van der Waals surface area contributed by atoms with Gasteiger partial charge in [0, 0.05) is 17.9 Å². The van der Waals surface area contributed by atoms with E-state index in [4.69, 9.17) is 4.74 Å². The van der Waals surface area contributed by atoms with Crippen LogP contribution in [0.25, 0.3) is 5.69 Å². The SMILES string of the molecule is CC(C)c1ccc(-n2cnnc2SCC(=O)NCc2cccc(N3CCOC3=O)c2)cc1. The summed E-state index contributed by atoms with van der Waals surface area (Å²) in [6.07, 6.45) is 1.31. The quantitative estimate of drug-likeness (QED) is 0.525. The number of aromatic nitrogens is 3. The number of thioether (sulfide) groups is 1. The van der Waals surface area contributed by atoms with E-state index in [1.165, 1.54) is 17.3 Å². The molecule has 0 spiro atoms. The van der Waals surface area contributed by atoms with Crippen LogP contribution in [0.5, 0.6) is 0 Å². The number of cyclic esters (lactones) is 1. The van der Waals surface area contributed by atoms with E-state index in [-0.39, 0.29) is 17.8 Å². The van der Waals surface area contributed by atoms with E-state index in [1.807, 2.05) is 41.0 Å². The Morgan fingerprint density at radius 1 is 1.19 bits per heavy atom. The van der Waals surface area contributed by atoms with E-state index >= 15 is 0 Å². The number of ether oxygens (including phenoxy) is 1. The Kier molecular flexibility index (Phi) is 6.75.